The molecule has 266 valence electrons. The van der Waals surface area contributed by atoms with Gasteiger partial charge in [0.1, 0.15) is 11.2 Å². The van der Waals surface area contributed by atoms with Crippen LogP contribution in [-0.4, -0.2) is 19.1 Å². The molecular formula is C52H32N4S. The zero-order valence-corrected chi connectivity index (χ0v) is 31.5. The van der Waals surface area contributed by atoms with Crippen LogP contribution in [-0.2, 0) is 0 Å². The van der Waals surface area contributed by atoms with Crippen molar-refractivity contribution in [2.24, 2.45) is 0 Å². The lowest BCUT2D eigenvalue weighted by molar-refractivity contribution is 1.15. The third-order valence-electron chi connectivity index (χ3n) is 11.3. The van der Waals surface area contributed by atoms with Crippen LogP contribution < -0.4 is 0 Å². The first kappa shape index (κ1) is 32.0. The minimum atomic E-state index is 0.701. The van der Waals surface area contributed by atoms with Gasteiger partial charge in [-0.2, -0.15) is 0 Å². The predicted molar refractivity (Wildman–Crippen MR) is 240 cm³/mol. The molecule has 0 spiro atoms. The molecule has 0 atom stereocenters. The SMILES string of the molecule is c1ccc(-n2c3ccccc3c3nc(-c4cccc(-c5cccc(-n6c7ccccc7c7ccccc76)c5)c4)nc(-c4cccc5c4sc4ccccc45)c32)cc1. The van der Waals surface area contributed by atoms with Gasteiger partial charge >= 0.3 is 0 Å². The summed E-state index contributed by atoms with van der Waals surface area (Å²) in [5, 5.41) is 6.12. The number of fused-ring (bicyclic) bond motifs is 9. The highest BCUT2D eigenvalue weighted by Gasteiger charge is 2.23. The molecule has 5 heteroatoms. The second kappa shape index (κ2) is 12.6. The first-order chi connectivity index (χ1) is 28.3. The topological polar surface area (TPSA) is 35.6 Å². The van der Waals surface area contributed by atoms with Crippen LogP contribution in [0.4, 0.5) is 0 Å². The van der Waals surface area contributed by atoms with Gasteiger partial charge in [0.05, 0.1) is 22.1 Å². The smallest absolute Gasteiger partial charge is 0.160 e. The molecule has 0 aliphatic heterocycles. The number of para-hydroxylation sites is 4. The summed E-state index contributed by atoms with van der Waals surface area (Å²) in [6.45, 7) is 0. The van der Waals surface area contributed by atoms with Crippen LogP contribution >= 0.6 is 11.3 Å². The van der Waals surface area contributed by atoms with Gasteiger partial charge in [-0.1, -0.05) is 140 Å². The summed E-state index contributed by atoms with van der Waals surface area (Å²) in [7, 11) is 0. The number of nitrogens with zero attached hydrogens (tertiary/aromatic N) is 4. The van der Waals surface area contributed by atoms with Crippen molar-refractivity contribution in [1.82, 2.24) is 19.1 Å². The van der Waals surface area contributed by atoms with E-state index in [0.717, 1.165) is 61.3 Å². The van der Waals surface area contributed by atoms with E-state index in [2.05, 4.69) is 203 Å². The average molecular weight is 745 g/mol. The molecule has 4 aromatic heterocycles. The van der Waals surface area contributed by atoms with E-state index in [1.165, 1.54) is 42.0 Å². The molecular weight excluding hydrogens is 713 g/mol. The lowest BCUT2D eigenvalue weighted by atomic mass is 10.0. The second-order valence-corrected chi connectivity index (χ2v) is 15.6. The Morgan fingerprint density at radius 3 is 1.72 bits per heavy atom. The van der Waals surface area contributed by atoms with Gasteiger partial charge in [-0.15, -0.1) is 11.3 Å². The fourth-order valence-electron chi connectivity index (χ4n) is 8.80. The molecule has 0 fully saturated rings. The first-order valence-electron chi connectivity index (χ1n) is 19.3. The number of hydrogen-bond acceptors (Lipinski definition) is 3. The molecule has 12 aromatic rings. The van der Waals surface area contributed by atoms with Crippen molar-refractivity contribution in [3.8, 4) is 45.1 Å². The van der Waals surface area contributed by atoms with E-state index in [4.69, 9.17) is 9.97 Å². The molecule has 4 heterocycles. The van der Waals surface area contributed by atoms with Crippen molar-refractivity contribution in [3.63, 3.8) is 0 Å². The van der Waals surface area contributed by atoms with Gasteiger partial charge in [0.2, 0.25) is 0 Å². The van der Waals surface area contributed by atoms with Crippen molar-refractivity contribution in [2.75, 3.05) is 0 Å². The van der Waals surface area contributed by atoms with E-state index < -0.39 is 0 Å². The minimum Gasteiger partial charge on any atom is -0.309 e. The zero-order valence-electron chi connectivity index (χ0n) is 30.7. The number of benzene rings is 8. The number of hydrogen-bond donors (Lipinski definition) is 0. The van der Waals surface area contributed by atoms with Crippen LogP contribution in [0.15, 0.2) is 194 Å². The number of aromatic nitrogens is 4. The minimum absolute atomic E-state index is 0.701. The molecule has 0 aliphatic carbocycles. The summed E-state index contributed by atoms with van der Waals surface area (Å²) in [4.78, 5) is 11.0. The monoisotopic (exact) mass is 744 g/mol. The van der Waals surface area contributed by atoms with Gasteiger partial charge < -0.3 is 9.13 Å². The second-order valence-electron chi connectivity index (χ2n) is 14.6. The Morgan fingerprint density at radius 2 is 0.947 bits per heavy atom. The van der Waals surface area contributed by atoms with Crippen LogP contribution in [0.2, 0.25) is 0 Å². The van der Waals surface area contributed by atoms with Crippen molar-refractivity contribution in [2.45, 2.75) is 0 Å². The zero-order chi connectivity index (χ0) is 37.5. The van der Waals surface area contributed by atoms with E-state index in [0.29, 0.717) is 5.82 Å². The molecule has 4 nitrogen and oxygen atoms in total. The summed E-state index contributed by atoms with van der Waals surface area (Å²) in [5.74, 6) is 0.701. The molecule has 12 rings (SSSR count). The Hall–Kier alpha value is -7.34. The maximum Gasteiger partial charge on any atom is 0.160 e. The van der Waals surface area contributed by atoms with E-state index in [-0.39, 0.29) is 0 Å². The Morgan fingerprint density at radius 1 is 0.386 bits per heavy atom. The molecule has 0 radical (unpaired) electrons. The van der Waals surface area contributed by atoms with E-state index >= 15 is 0 Å². The van der Waals surface area contributed by atoms with Crippen LogP contribution in [0.25, 0.3) is 109 Å². The molecule has 0 unspecified atom stereocenters. The molecule has 0 aliphatic rings. The van der Waals surface area contributed by atoms with E-state index in [1.807, 2.05) is 11.3 Å². The van der Waals surface area contributed by atoms with E-state index in [9.17, 15) is 0 Å². The molecule has 0 bridgehead atoms. The lowest BCUT2D eigenvalue weighted by Gasteiger charge is -2.13. The Labute approximate surface area is 332 Å². The molecule has 57 heavy (non-hydrogen) atoms. The largest absolute Gasteiger partial charge is 0.309 e. The third-order valence-corrected chi connectivity index (χ3v) is 12.5. The van der Waals surface area contributed by atoms with Crippen LogP contribution in [0, 0.1) is 0 Å². The normalized spacial score (nSPS) is 11.9. The quantitative estimate of drug-likeness (QED) is 0.176. The van der Waals surface area contributed by atoms with Crippen LogP contribution in [0.3, 0.4) is 0 Å². The van der Waals surface area contributed by atoms with E-state index in [1.54, 1.807) is 0 Å². The highest BCUT2D eigenvalue weighted by atomic mass is 32.1. The summed E-state index contributed by atoms with van der Waals surface area (Å²) < 4.78 is 7.21. The highest BCUT2D eigenvalue weighted by Crippen LogP contribution is 2.44. The van der Waals surface area contributed by atoms with Crippen molar-refractivity contribution >= 4 is 75.3 Å². The predicted octanol–water partition coefficient (Wildman–Crippen LogP) is 14.0. The van der Waals surface area contributed by atoms with Gasteiger partial charge in [-0.25, -0.2) is 9.97 Å². The molecule has 0 saturated heterocycles. The fourth-order valence-corrected chi connectivity index (χ4v) is 10.0. The van der Waals surface area contributed by atoms with Crippen molar-refractivity contribution < 1.29 is 0 Å². The fraction of sp³-hybridized carbons (Fsp3) is 0. The molecule has 0 amide bonds. The van der Waals surface area contributed by atoms with Crippen LogP contribution in [0.5, 0.6) is 0 Å². The first-order valence-corrected chi connectivity index (χ1v) is 20.1. The number of rotatable bonds is 5. The van der Waals surface area contributed by atoms with Crippen molar-refractivity contribution in [3.05, 3.63) is 194 Å². The van der Waals surface area contributed by atoms with Gasteiger partial charge in [0.15, 0.2) is 5.82 Å². The van der Waals surface area contributed by atoms with Gasteiger partial charge in [0.25, 0.3) is 0 Å². The molecule has 0 N–H and O–H groups in total. The summed E-state index contributed by atoms with van der Waals surface area (Å²) >= 11 is 1.83. The summed E-state index contributed by atoms with van der Waals surface area (Å²) in [6.07, 6.45) is 0. The van der Waals surface area contributed by atoms with Gasteiger partial charge in [-0.3, -0.25) is 0 Å². The molecule has 8 aromatic carbocycles. The summed E-state index contributed by atoms with van der Waals surface area (Å²) in [5.41, 5.74) is 12.9. The van der Waals surface area contributed by atoms with Crippen molar-refractivity contribution in [1.29, 1.82) is 0 Å². The summed E-state index contributed by atoms with van der Waals surface area (Å²) in [6, 6.07) is 69.4. The maximum atomic E-state index is 5.58. The standard InChI is InChI=1S/C52H32N4S/c1-2-18-36(19-3-1)56-46-29-10-6-24-42(46)48-50(56)49(43-26-14-25-41-40-23-7-11-30-47(40)57-51(41)43)54-52(53-48)35-17-12-15-33(31-35)34-16-13-20-37(32-34)55-44-27-8-4-21-38(44)39-22-5-9-28-45(39)55/h1-32H. The van der Waals surface area contributed by atoms with Crippen LogP contribution in [0.1, 0.15) is 0 Å². The lowest BCUT2D eigenvalue weighted by Crippen LogP contribution is -2.00. The average Bonchev–Trinajstić information content (AvgIpc) is 3.95. The number of thiophene rings is 1. The Balaban J connectivity index is 1.09. The molecule has 0 saturated carbocycles. The Bertz CT molecular complexity index is 3480. The van der Waals surface area contributed by atoms with Gasteiger partial charge in [-0.05, 0) is 65.7 Å². The highest BCUT2D eigenvalue weighted by molar-refractivity contribution is 7.26. The maximum absolute atomic E-state index is 5.58. The van der Waals surface area contributed by atoms with Gasteiger partial charge in [0, 0.05) is 58.8 Å². The Kier molecular flexibility index (Phi) is 7.06. The third kappa shape index (κ3) is 4.93.